The zero-order valence-electron chi connectivity index (χ0n) is 50.4. The van der Waals surface area contributed by atoms with E-state index >= 15 is 0 Å². The van der Waals surface area contributed by atoms with Gasteiger partial charge < -0.3 is 43.0 Å². The number of hydrogen-bond donors (Lipinski definition) is 1. The van der Waals surface area contributed by atoms with Crippen LogP contribution in [0.25, 0.3) is 0 Å². The molecule has 19 nitrogen and oxygen atoms in total. The Kier molecular flexibility index (Phi) is 30.6. The van der Waals surface area contributed by atoms with Crippen LogP contribution < -0.4 is 10.9 Å². The van der Waals surface area contributed by atoms with Gasteiger partial charge in [-0.2, -0.15) is 0 Å². The normalized spacial score (nSPS) is 15.3. The molecule has 0 bridgehead atoms. The van der Waals surface area contributed by atoms with Crippen molar-refractivity contribution in [2.75, 3.05) is 52.4 Å². The van der Waals surface area contributed by atoms with Gasteiger partial charge in [-0.25, -0.2) is 9.59 Å². The first-order valence-corrected chi connectivity index (χ1v) is 28.6. The molecule has 0 atom stereocenters. The maximum absolute atomic E-state index is 11.6. The van der Waals surface area contributed by atoms with E-state index in [0.29, 0.717) is 48.0 Å². The Morgan fingerprint density at radius 2 is 0.937 bits per heavy atom. The Bertz CT molecular complexity index is 2460. The minimum atomic E-state index is -0.389. The molecule has 4 aliphatic rings. The van der Waals surface area contributed by atoms with Crippen LogP contribution in [0, 0.1) is 13.8 Å². The van der Waals surface area contributed by atoms with E-state index in [0.717, 1.165) is 58.8 Å². The van der Waals surface area contributed by atoms with Gasteiger partial charge in [-0.15, -0.1) is 0 Å². The highest BCUT2D eigenvalue weighted by molar-refractivity contribution is 7.82. The fourth-order valence-electron chi connectivity index (χ4n) is 7.81. The number of thiocarbonyl (C=S) groups is 4. The molecule has 23 heteroatoms. The summed E-state index contributed by atoms with van der Waals surface area (Å²) in [5.41, 5.74) is 3.35. The molecule has 3 aromatic heterocycles. The fraction of sp³-hybridized carbons (Fsp3) is 0.625. The van der Waals surface area contributed by atoms with Gasteiger partial charge in [-0.05, 0) is 133 Å². The van der Waals surface area contributed by atoms with Crippen molar-refractivity contribution >= 4 is 92.9 Å². The highest BCUT2D eigenvalue weighted by atomic mass is 32.1. The molecule has 0 unspecified atom stereocenters. The highest BCUT2D eigenvalue weighted by Crippen LogP contribution is 2.19. The third-order valence-electron chi connectivity index (χ3n) is 12.4. The highest BCUT2D eigenvalue weighted by Gasteiger charge is 2.37. The van der Waals surface area contributed by atoms with E-state index in [9.17, 15) is 28.8 Å². The maximum Gasteiger partial charge on any atom is 0.327 e. The van der Waals surface area contributed by atoms with Gasteiger partial charge >= 0.3 is 12.1 Å². The molecule has 0 saturated carbocycles. The number of nitrogens with zero attached hydrogens (tertiary/aromatic N) is 9. The summed E-state index contributed by atoms with van der Waals surface area (Å²) in [7, 11) is 0. The lowest BCUT2D eigenvalue weighted by Gasteiger charge is -2.23. The number of aromatic hydroxyl groups is 1. The molecule has 7 rings (SSSR count). The number of urea groups is 2. The van der Waals surface area contributed by atoms with Crippen LogP contribution in [-0.2, 0) is 9.59 Å². The van der Waals surface area contributed by atoms with E-state index in [1.54, 1.807) is 32.8 Å². The van der Waals surface area contributed by atoms with Gasteiger partial charge in [0.1, 0.15) is 34.8 Å². The Labute approximate surface area is 490 Å². The first-order chi connectivity index (χ1) is 36.7. The summed E-state index contributed by atoms with van der Waals surface area (Å²) < 4.78 is 14.7. The number of rotatable bonds is 11. The van der Waals surface area contributed by atoms with Crippen molar-refractivity contribution in [1.29, 1.82) is 0 Å². The third-order valence-corrected chi connectivity index (χ3v) is 13.9. The number of carbonyl (C=O) groups is 4. The smallest absolute Gasteiger partial charge is 0.327 e. The van der Waals surface area contributed by atoms with Crippen LogP contribution >= 0.6 is 48.9 Å². The second kappa shape index (κ2) is 33.8. The second-order valence-corrected chi connectivity index (χ2v) is 22.5. The number of hydrogen-bond acceptors (Lipinski definition) is 15. The lowest BCUT2D eigenvalue weighted by atomic mass is 10.0. The second-order valence-electron chi connectivity index (χ2n) is 20.8. The first-order valence-electron chi connectivity index (χ1n) is 27.0. The number of amides is 6. The lowest BCUT2D eigenvalue weighted by molar-refractivity contribution is -0.127. The molecule has 4 aliphatic heterocycles. The Morgan fingerprint density at radius 3 is 1.24 bits per heavy atom. The van der Waals surface area contributed by atoms with Crippen molar-refractivity contribution in [3.8, 4) is 5.75 Å². The summed E-state index contributed by atoms with van der Waals surface area (Å²) in [5.74, 6) is 1.22. The molecule has 6 amide bonds. The summed E-state index contributed by atoms with van der Waals surface area (Å²) in [4.78, 5) is 83.6. The van der Waals surface area contributed by atoms with Crippen molar-refractivity contribution in [1.82, 2.24) is 44.4 Å². The summed E-state index contributed by atoms with van der Waals surface area (Å²) in [6.45, 7) is 44.7. The van der Waals surface area contributed by atoms with Crippen molar-refractivity contribution < 1.29 is 37.6 Å². The lowest BCUT2D eigenvalue weighted by Crippen LogP contribution is -2.37. The Balaban J connectivity index is 0.000000462. The largest absolute Gasteiger partial charge is 0.502 e. The molecule has 0 aliphatic carbocycles. The number of likely N-dealkylation sites (N-methyl/N-ethyl adjacent to an activating group) is 4. The van der Waals surface area contributed by atoms with Crippen LogP contribution in [0.1, 0.15) is 171 Å². The minimum Gasteiger partial charge on any atom is -0.502 e. The summed E-state index contributed by atoms with van der Waals surface area (Å²) >= 11 is 20.8. The van der Waals surface area contributed by atoms with Gasteiger partial charge in [0.05, 0.1) is 37.9 Å². The Hall–Kier alpha value is -5.65. The average molecular weight is 1180 g/mol. The van der Waals surface area contributed by atoms with Gasteiger partial charge in [-0.3, -0.25) is 33.9 Å². The molecule has 1 N–H and O–H groups in total. The van der Waals surface area contributed by atoms with Gasteiger partial charge in [0, 0.05) is 79.0 Å². The van der Waals surface area contributed by atoms with Crippen LogP contribution in [0.2, 0.25) is 0 Å². The molecule has 3 aromatic rings. The zero-order chi connectivity index (χ0) is 60.9. The molecular weight excluding hydrogens is 1090 g/mol. The van der Waals surface area contributed by atoms with Crippen LogP contribution in [-0.4, -0.2) is 170 Å². The standard InChI is InChI=1S/C9H12O2.C8H14N2O2.2C8H14N2OS.C8H14N2S2.C8H10O3.C7H11NO/c1-6(2)8-5-11-4-7(3)9(8)10;1-4-9-5-7(11)10(6(2)3)8(9)12;1-4-9-5-7(12)10(6(2)3)8(9)11;2*1-4-9-5-7(11)10(6(2)3)8(9)12;1-5(2)8-3-6(9)7(10)4-11-8;1-5(2)7-4-9-8-6(7)3/h4-6H,1-3H3;4*6H,4-5H2,1-3H3;3-5,10H,1-2H3;4-5H,1-3H3. The van der Waals surface area contributed by atoms with Gasteiger partial charge in [0.2, 0.25) is 11.3 Å². The molecular formula is C56H89N9O10S4. The zero-order valence-corrected chi connectivity index (χ0v) is 53.6. The summed E-state index contributed by atoms with van der Waals surface area (Å²) in [6, 6.07) is 1.93. The molecule has 4 fully saturated rings. The molecule has 0 spiro atoms. The molecule has 442 valence electrons. The molecule has 4 saturated heterocycles. The quantitative estimate of drug-likeness (QED) is 0.140. The van der Waals surface area contributed by atoms with Crippen LogP contribution in [0.5, 0.6) is 5.75 Å². The molecule has 0 radical (unpaired) electrons. The average Bonchev–Trinajstić information content (AvgIpc) is 4.16. The van der Waals surface area contributed by atoms with Crippen LogP contribution in [0.4, 0.5) is 9.59 Å². The summed E-state index contributed by atoms with van der Waals surface area (Å²) in [6.07, 6.45) is 5.78. The predicted molar refractivity (Wildman–Crippen MR) is 328 cm³/mol. The first kappa shape index (κ1) is 71.4. The van der Waals surface area contributed by atoms with Gasteiger partial charge in [0.25, 0.3) is 5.91 Å². The topological polar surface area (TPSA) is 201 Å². The number of imide groups is 1. The number of aromatic nitrogens is 1. The minimum absolute atomic E-state index is 0.0263. The van der Waals surface area contributed by atoms with Gasteiger partial charge in [0.15, 0.2) is 21.4 Å². The summed E-state index contributed by atoms with van der Waals surface area (Å²) in [5, 5.41) is 14.1. The van der Waals surface area contributed by atoms with Crippen molar-refractivity contribution in [2.24, 2.45) is 0 Å². The molecule has 7 heterocycles. The Morgan fingerprint density at radius 1 is 0.519 bits per heavy atom. The monoisotopic (exact) mass is 1180 g/mol. The van der Waals surface area contributed by atoms with E-state index in [4.69, 9.17) is 67.3 Å². The van der Waals surface area contributed by atoms with Crippen LogP contribution in [0.3, 0.4) is 0 Å². The van der Waals surface area contributed by atoms with E-state index < -0.39 is 0 Å². The van der Waals surface area contributed by atoms with Crippen molar-refractivity contribution in [3.05, 3.63) is 79.7 Å². The van der Waals surface area contributed by atoms with E-state index in [2.05, 4.69) is 44.7 Å². The fourth-order valence-corrected chi connectivity index (χ4v) is 9.78. The van der Waals surface area contributed by atoms with Crippen molar-refractivity contribution in [2.45, 2.75) is 180 Å². The van der Waals surface area contributed by atoms with E-state index in [1.807, 2.05) is 107 Å². The number of aryl methyl sites for hydroxylation is 2. The van der Waals surface area contributed by atoms with E-state index in [1.165, 1.54) is 29.1 Å². The van der Waals surface area contributed by atoms with Gasteiger partial charge in [-0.1, -0.05) is 71.1 Å². The SMILES string of the molecule is CC(C)c1cc(=O)c(O)co1.CCN1CC(=O)N(C(C)C)C1=O.CCN1CC(=O)N(C(C)C)C1=S.CCN1CC(=S)N(C(C)C)C1=O.CCN1CC(=S)N(C(C)C)C1=S.Cc1cocc(C(C)C)c1=O.Cc1nocc1C(C)C. The molecule has 0 aromatic carbocycles. The maximum atomic E-state index is 11.6. The van der Waals surface area contributed by atoms with E-state index in [-0.39, 0.29) is 77.0 Å². The van der Waals surface area contributed by atoms with Crippen molar-refractivity contribution in [3.63, 3.8) is 0 Å². The third kappa shape index (κ3) is 20.8. The molecule has 79 heavy (non-hydrogen) atoms. The predicted octanol–water partition coefficient (Wildman–Crippen LogP) is 10.3. The van der Waals surface area contributed by atoms with Crippen LogP contribution in [0.15, 0.2) is 54.1 Å². The number of carbonyl (C=O) groups excluding carboxylic acids is 4.